The van der Waals surface area contributed by atoms with E-state index in [-0.39, 0.29) is 37.2 Å². The first-order valence-electron chi connectivity index (χ1n) is 11.2. The Morgan fingerprint density at radius 1 is 0.872 bits per heavy atom. The fraction of sp³-hybridized carbons (Fsp3) is 0.280. The highest BCUT2D eigenvalue weighted by molar-refractivity contribution is 7.87. The van der Waals surface area contributed by atoms with Crippen molar-refractivity contribution in [3.63, 3.8) is 0 Å². The first-order chi connectivity index (χ1) is 18.3. The van der Waals surface area contributed by atoms with Crippen LogP contribution in [-0.2, 0) is 22.7 Å². The Labute approximate surface area is 216 Å². The summed E-state index contributed by atoms with van der Waals surface area (Å²) in [5.74, 6) is -15.0. The van der Waals surface area contributed by atoms with Crippen LogP contribution in [-0.4, -0.2) is 21.7 Å². The number of halogens is 9. The topological polar surface area (TPSA) is 52.6 Å². The summed E-state index contributed by atoms with van der Waals surface area (Å²) >= 11 is 0. The van der Waals surface area contributed by atoms with E-state index >= 15 is 0 Å². The lowest BCUT2D eigenvalue weighted by atomic mass is 9.82. The molecule has 210 valence electrons. The lowest BCUT2D eigenvalue weighted by Crippen LogP contribution is -2.19. The monoisotopic (exact) mass is 584 g/mol. The van der Waals surface area contributed by atoms with Gasteiger partial charge in [0.2, 0.25) is 34.8 Å². The summed E-state index contributed by atoms with van der Waals surface area (Å²) in [6, 6.07) is 6.11. The minimum atomic E-state index is -5.14. The lowest BCUT2D eigenvalue weighted by Gasteiger charge is -2.28. The minimum Gasteiger partial charge on any atom is -0.493 e. The largest absolute Gasteiger partial charge is 0.493 e. The number of rotatable bonds is 7. The Balaban J connectivity index is 1.72. The van der Waals surface area contributed by atoms with Crippen molar-refractivity contribution in [1.82, 2.24) is 0 Å². The second kappa shape index (κ2) is 10.6. The second-order valence-electron chi connectivity index (χ2n) is 8.53. The Morgan fingerprint density at radius 2 is 1.49 bits per heavy atom. The lowest BCUT2D eigenvalue weighted by molar-refractivity contribution is -0.137. The van der Waals surface area contributed by atoms with Gasteiger partial charge in [0.05, 0.1) is 18.8 Å². The molecule has 0 amide bonds. The molecular formula is C25H17F9O4S. The van der Waals surface area contributed by atoms with E-state index in [4.69, 9.17) is 4.74 Å². The van der Waals surface area contributed by atoms with Gasteiger partial charge in [0, 0.05) is 17.5 Å². The standard InChI is InChI=1S/C25H17F9O4S/c26-8-1-2-12-10-13(25(32,33)34)3-5-15(12)16-7-9-37-18-11-14(4-6-17(16)18)39(35,36)38-24-22(30)20(28)19(27)21(29)23(24)31/h3-6,10-11,16H,1-2,7-9H2/t16-/m1/s1. The summed E-state index contributed by atoms with van der Waals surface area (Å²) in [7, 11) is -5.14. The number of benzene rings is 3. The molecule has 4 rings (SSSR count). The zero-order chi connectivity index (χ0) is 28.7. The van der Waals surface area contributed by atoms with E-state index in [2.05, 4.69) is 4.18 Å². The van der Waals surface area contributed by atoms with Gasteiger partial charge >= 0.3 is 16.3 Å². The van der Waals surface area contributed by atoms with Gasteiger partial charge in [-0.15, -0.1) is 0 Å². The Morgan fingerprint density at radius 3 is 2.10 bits per heavy atom. The van der Waals surface area contributed by atoms with E-state index < -0.39 is 74.2 Å². The maximum Gasteiger partial charge on any atom is 0.416 e. The molecule has 3 aromatic rings. The number of hydrogen-bond acceptors (Lipinski definition) is 4. The van der Waals surface area contributed by atoms with Gasteiger partial charge in [0.25, 0.3) is 0 Å². The highest BCUT2D eigenvalue weighted by Crippen LogP contribution is 2.42. The van der Waals surface area contributed by atoms with E-state index in [1.165, 1.54) is 12.1 Å². The van der Waals surface area contributed by atoms with Crippen molar-refractivity contribution < 1.29 is 56.9 Å². The molecular weight excluding hydrogens is 567 g/mol. The molecule has 0 bridgehead atoms. The molecule has 39 heavy (non-hydrogen) atoms. The van der Waals surface area contributed by atoms with Crippen LogP contribution in [0.15, 0.2) is 41.3 Å². The van der Waals surface area contributed by atoms with Crippen LogP contribution in [0.5, 0.6) is 11.5 Å². The zero-order valence-corrected chi connectivity index (χ0v) is 20.3. The number of hydrogen-bond donors (Lipinski definition) is 0. The van der Waals surface area contributed by atoms with Crippen molar-refractivity contribution in [1.29, 1.82) is 0 Å². The fourth-order valence-corrected chi connectivity index (χ4v) is 5.21. The third kappa shape index (κ3) is 5.52. The summed E-state index contributed by atoms with van der Waals surface area (Å²) in [5.41, 5.74) is 0.109. The molecule has 4 nitrogen and oxygen atoms in total. The predicted molar refractivity (Wildman–Crippen MR) is 118 cm³/mol. The molecule has 0 unspecified atom stereocenters. The molecule has 0 radical (unpaired) electrons. The average molecular weight is 584 g/mol. The number of fused-ring (bicyclic) bond motifs is 1. The SMILES string of the molecule is O=S(=O)(Oc1c(F)c(F)c(F)c(F)c1F)c1ccc2c(c1)OCC[C@@H]2c1ccc(C(F)(F)F)cc1CCCF. The number of alkyl halides is 4. The van der Waals surface area contributed by atoms with Gasteiger partial charge < -0.3 is 8.92 Å². The van der Waals surface area contributed by atoms with Crippen LogP contribution >= 0.6 is 0 Å². The van der Waals surface area contributed by atoms with E-state index in [9.17, 15) is 47.9 Å². The molecule has 1 heterocycles. The smallest absolute Gasteiger partial charge is 0.416 e. The van der Waals surface area contributed by atoms with Gasteiger partial charge in [0.15, 0.2) is 0 Å². The van der Waals surface area contributed by atoms with Crippen LogP contribution in [0, 0.1) is 29.1 Å². The summed E-state index contributed by atoms with van der Waals surface area (Å²) in [6.07, 6.45) is -4.38. The van der Waals surface area contributed by atoms with Gasteiger partial charge in [-0.2, -0.15) is 30.4 Å². The van der Waals surface area contributed by atoms with Crippen molar-refractivity contribution in [3.8, 4) is 11.5 Å². The normalized spacial score (nSPS) is 15.6. The van der Waals surface area contributed by atoms with Crippen LogP contribution in [0.25, 0.3) is 0 Å². The summed E-state index contributed by atoms with van der Waals surface area (Å²) < 4.78 is 156. The van der Waals surface area contributed by atoms with Crippen molar-refractivity contribution >= 4 is 10.1 Å². The fourth-order valence-electron chi connectivity index (χ4n) is 4.26. The molecule has 0 aliphatic carbocycles. The highest BCUT2D eigenvalue weighted by atomic mass is 32.2. The van der Waals surface area contributed by atoms with Gasteiger partial charge in [-0.1, -0.05) is 12.1 Å². The third-order valence-electron chi connectivity index (χ3n) is 6.10. The van der Waals surface area contributed by atoms with E-state index in [1.807, 2.05) is 0 Å². The molecule has 0 N–H and O–H groups in total. The van der Waals surface area contributed by atoms with Crippen molar-refractivity contribution in [3.05, 3.63) is 87.7 Å². The van der Waals surface area contributed by atoms with Gasteiger partial charge in [-0.05, 0) is 48.6 Å². The second-order valence-corrected chi connectivity index (χ2v) is 10.1. The van der Waals surface area contributed by atoms with Crippen molar-refractivity contribution in [2.24, 2.45) is 0 Å². The Bertz CT molecular complexity index is 1490. The van der Waals surface area contributed by atoms with E-state index in [0.29, 0.717) is 11.1 Å². The molecule has 0 fully saturated rings. The molecule has 1 atom stereocenters. The maximum absolute atomic E-state index is 14.0. The van der Waals surface area contributed by atoms with Crippen LogP contribution in [0.4, 0.5) is 39.5 Å². The molecule has 1 aliphatic heterocycles. The highest BCUT2D eigenvalue weighted by Gasteiger charge is 2.34. The third-order valence-corrected chi connectivity index (χ3v) is 7.32. The molecule has 3 aromatic carbocycles. The first kappa shape index (κ1) is 28.6. The van der Waals surface area contributed by atoms with Crippen LogP contribution in [0.2, 0.25) is 0 Å². The molecule has 0 saturated heterocycles. The van der Waals surface area contributed by atoms with Gasteiger partial charge in [0.1, 0.15) is 10.6 Å². The zero-order valence-electron chi connectivity index (χ0n) is 19.5. The Hall–Kier alpha value is -3.42. The number of ether oxygens (including phenoxy) is 1. The molecule has 0 aromatic heterocycles. The molecule has 14 heteroatoms. The predicted octanol–water partition coefficient (Wildman–Crippen LogP) is 6.99. The minimum absolute atomic E-state index is 0.00463. The molecule has 1 aliphatic rings. The summed E-state index contributed by atoms with van der Waals surface area (Å²) in [5, 5.41) is 0. The summed E-state index contributed by atoms with van der Waals surface area (Å²) in [6.45, 7) is -0.770. The Kier molecular flexibility index (Phi) is 7.79. The van der Waals surface area contributed by atoms with E-state index in [0.717, 1.165) is 24.3 Å². The molecule has 0 spiro atoms. The van der Waals surface area contributed by atoms with Gasteiger partial charge in [-0.3, -0.25) is 4.39 Å². The molecule has 0 saturated carbocycles. The number of aryl methyl sites for hydroxylation is 1. The maximum atomic E-state index is 14.0. The first-order valence-corrected chi connectivity index (χ1v) is 12.7. The van der Waals surface area contributed by atoms with Crippen LogP contribution < -0.4 is 8.92 Å². The quantitative estimate of drug-likeness (QED) is 0.130. The van der Waals surface area contributed by atoms with Gasteiger partial charge in [-0.25, -0.2) is 13.2 Å². The summed E-state index contributed by atoms with van der Waals surface area (Å²) in [4.78, 5) is -0.754. The van der Waals surface area contributed by atoms with Crippen LogP contribution in [0.3, 0.4) is 0 Å². The van der Waals surface area contributed by atoms with E-state index in [1.54, 1.807) is 0 Å². The van der Waals surface area contributed by atoms with Crippen LogP contribution in [0.1, 0.15) is 41.0 Å². The van der Waals surface area contributed by atoms with Crippen molar-refractivity contribution in [2.45, 2.75) is 36.3 Å². The average Bonchev–Trinajstić information content (AvgIpc) is 2.90. The van der Waals surface area contributed by atoms with Crippen molar-refractivity contribution in [2.75, 3.05) is 13.3 Å².